The van der Waals surface area contributed by atoms with E-state index in [1.165, 1.54) is 0 Å². The molecule has 1 amide bonds. The van der Waals surface area contributed by atoms with E-state index >= 15 is 0 Å². The van der Waals surface area contributed by atoms with Crippen LogP contribution in [0.1, 0.15) is 22.8 Å². The standard InChI is InChI=1S/C22H20N2O2/c1-2-26-19-14-12-17(13-15-19)16-23-21-11-7-6-10-20(21)22(25)24-18-8-4-3-5-9-18/h3-16H,2H2,1H3,(H,24,25). The van der Waals surface area contributed by atoms with E-state index in [-0.39, 0.29) is 5.91 Å². The van der Waals surface area contributed by atoms with Crippen LogP contribution in [0, 0.1) is 0 Å². The summed E-state index contributed by atoms with van der Waals surface area (Å²) in [5.74, 6) is 0.642. The van der Waals surface area contributed by atoms with Crippen molar-refractivity contribution in [1.29, 1.82) is 0 Å². The molecule has 0 bridgehead atoms. The number of nitrogens with zero attached hydrogens (tertiary/aromatic N) is 1. The van der Waals surface area contributed by atoms with Crippen molar-refractivity contribution in [3.63, 3.8) is 0 Å². The summed E-state index contributed by atoms with van der Waals surface area (Å²) in [7, 11) is 0. The molecule has 0 aliphatic rings. The van der Waals surface area contributed by atoms with Crippen LogP contribution in [0.15, 0.2) is 83.9 Å². The molecule has 0 fully saturated rings. The van der Waals surface area contributed by atoms with Gasteiger partial charge in [0.05, 0.1) is 17.9 Å². The third kappa shape index (κ3) is 4.57. The molecule has 130 valence electrons. The number of carbonyl (C=O) groups excluding carboxylic acids is 1. The van der Waals surface area contributed by atoms with Gasteiger partial charge < -0.3 is 10.1 Å². The van der Waals surface area contributed by atoms with Gasteiger partial charge in [-0.3, -0.25) is 9.79 Å². The monoisotopic (exact) mass is 344 g/mol. The Bertz CT molecular complexity index is 888. The summed E-state index contributed by atoms with van der Waals surface area (Å²) >= 11 is 0. The molecule has 0 heterocycles. The number of amides is 1. The predicted molar refractivity (Wildman–Crippen MR) is 106 cm³/mol. The Kier molecular flexibility index (Phi) is 5.78. The largest absolute Gasteiger partial charge is 0.494 e. The van der Waals surface area contributed by atoms with Crippen LogP contribution in [0.2, 0.25) is 0 Å². The minimum atomic E-state index is -0.185. The number of hydrogen-bond acceptors (Lipinski definition) is 3. The van der Waals surface area contributed by atoms with E-state index in [1.807, 2.05) is 79.7 Å². The maximum absolute atomic E-state index is 12.6. The Morgan fingerprint density at radius 1 is 0.962 bits per heavy atom. The maximum Gasteiger partial charge on any atom is 0.257 e. The predicted octanol–water partition coefficient (Wildman–Crippen LogP) is 5.09. The molecule has 0 saturated carbocycles. The molecule has 0 aliphatic carbocycles. The van der Waals surface area contributed by atoms with Crippen molar-refractivity contribution in [2.24, 2.45) is 4.99 Å². The molecular formula is C22H20N2O2. The first-order chi connectivity index (χ1) is 12.8. The molecule has 3 aromatic carbocycles. The Labute approximate surface area is 153 Å². The number of carbonyl (C=O) groups is 1. The molecule has 0 radical (unpaired) electrons. The van der Waals surface area contributed by atoms with E-state index in [9.17, 15) is 4.79 Å². The van der Waals surface area contributed by atoms with Gasteiger partial charge in [0.15, 0.2) is 0 Å². The van der Waals surface area contributed by atoms with Gasteiger partial charge in [0.1, 0.15) is 5.75 Å². The number of nitrogens with one attached hydrogen (secondary N) is 1. The number of benzene rings is 3. The van der Waals surface area contributed by atoms with Crippen molar-refractivity contribution in [2.45, 2.75) is 6.92 Å². The van der Waals surface area contributed by atoms with Crippen LogP contribution < -0.4 is 10.1 Å². The van der Waals surface area contributed by atoms with Gasteiger partial charge in [-0.1, -0.05) is 30.3 Å². The summed E-state index contributed by atoms with van der Waals surface area (Å²) < 4.78 is 5.43. The van der Waals surface area contributed by atoms with Crippen LogP contribution >= 0.6 is 0 Å². The molecule has 4 nitrogen and oxygen atoms in total. The van der Waals surface area contributed by atoms with Crippen LogP contribution in [0.3, 0.4) is 0 Å². The minimum Gasteiger partial charge on any atom is -0.494 e. The topological polar surface area (TPSA) is 50.7 Å². The van der Waals surface area contributed by atoms with Crippen molar-refractivity contribution in [1.82, 2.24) is 0 Å². The molecule has 3 aromatic rings. The first-order valence-electron chi connectivity index (χ1n) is 8.48. The molecule has 26 heavy (non-hydrogen) atoms. The third-order valence-electron chi connectivity index (χ3n) is 3.72. The number of para-hydroxylation sites is 2. The molecule has 0 aliphatic heterocycles. The average molecular weight is 344 g/mol. The highest BCUT2D eigenvalue weighted by molar-refractivity contribution is 6.08. The average Bonchev–Trinajstić information content (AvgIpc) is 2.69. The molecule has 0 atom stereocenters. The fraction of sp³-hybridized carbons (Fsp3) is 0.0909. The minimum absolute atomic E-state index is 0.185. The smallest absolute Gasteiger partial charge is 0.257 e. The molecule has 1 N–H and O–H groups in total. The van der Waals surface area contributed by atoms with Gasteiger partial charge in [-0.2, -0.15) is 0 Å². The number of anilines is 1. The quantitative estimate of drug-likeness (QED) is 0.633. The Balaban J connectivity index is 1.77. The van der Waals surface area contributed by atoms with Gasteiger partial charge in [-0.05, 0) is 61.0 Å². The van der Waals surface area contributed by atoms with E-state index in [2.05, 4.69) is 10.3 Å². The molecule has 0 spiro atoms. The fourth-order valence-electron chi connectivity index (χ4n) is 2.46. The highest BCUT2D eigenvalue weighted by Gasteiger charge is 2.10. The summed E-state index contributed by atoms with van der Waals surface area (Å²) in [6.45, 7) is 2.59. The number of rotatable bonds is 6. The zero-order chi connectivity index (χ0) is 18.2. The summed E-state index contributed by atoms with van der Waals surface area (Å²) in [5, 5.41) is 2.89. The first kappa shape index (κ1) is 17.4. The van der Waals surface area contributed by atoms with Crippen molar-refractivity contribution >= 4 is 23.5 Å². The molecule has 0 unspecified atom stereocenters. The van der Waals surface area contributed by atoms with Crippen LogP contribution in [-0.2, 0) is 0 Å². The zero-order valence-corrected chi connectivity index (χ0v) is 14.6. The highest BCUT2D eigenvalue weighted by atomic mass is 16.5. The van der Waals surface area contributed by atoms with Crippen molar-refractivity contribution in [3.05, 3.63) is 90.0 Å². The normalized spacial score (nSPS) is 10.7. The van der Waals surface area contributed by atoms with Crippen molar-refractivity contribution in [2.75, 3.05) is 11.9 Å². The molecule has 0 saturated heterocycles. The van der Waals surface area contributed by atoms with Gasteiger partial charge in [0, 0.05) is 11.9 Å². The molecule has 3 rings (SSSR count). The lowest BCUT2D eigenvalue weighted by atomic mass is 10.1. The SMILES string of the molecule is CCOc1ccc(C=Nc2ccccc2C(=O)Nc2ccccc2)cc1. The lowest BCUT2D eigenvalue weighted by Gasteiger charge is -2.07. The lowest BCUT2D eigenvalue weighted by molar-refractivity contribution is 0.102. The maximum atomic E-state index is 12.6. The molecule has 4 heteroatoms. The van der Waals surface area contributed by atoms with Crippen LogP contribution in [0.5, 0.6) is 5.75 Å². The van der Waals surface area contributed by atoms with E-state index in [0.29, 0.717) is 17.9 Å². The van der Waals surface area contributed by atoms with Gasteiger partial charge in [0.25, 0.3) is 5.91 Å². The van der Waals surface area contributed by atoms with Crippen LogP contribution in [0.25, 0.3) is 0 Å². The van der Waals surface area contributed by atoms with E-state index < -0.39 is 0 Å². The second-order valence-electron chi connectivity index (χ2n) is 5.60. The summed E-state index contributed by atoms with van der Waals surface area (Å²) in [6, 6.07) is 24.3. The van der Waals surface area contributed by atoms with E-state index in [0.717, 1.165) is 17.0 Å². The van der Waals surface area contributed by atoms with Crippen molar-refractivity contribution in [3.8, 4) is 5.75 Å². The van der Waals surface area contributed by atoms with Crippen LogP contribution in [0.4, 0.5) is 11.4 Å². The van der Waals surface area contributed by atoms with Gasteiger partial charge in [0.2, 0.25) is 0 Å². The second kappa shape index (κ2) is 8.62. The van der Waals surface area contributed by atoms with E-state index in [4.69, 9.17) is 4.74 Å². The summed E-state index contributed by atoms with van der Waals surface area (Å²) in [5.41, 5.74) is 2.84. The summed E-state index contributed by atoms with van der Waals surface area (Å²) in [6.07, 6.45) is 1.74. The Morgan fingerprint density at radius 3 is 2.38 bits per heavy atom. The number of aliphatic imine (C=N–C) groups is 1. The second-order valence-corrected chi connectivity index (χ2v) is 5.60. The lowest BCUT2D eigenvalue weighted by Crippen LogP contribution is -2.11. The third-order valence-corrected chi connectivity index (χ3v) is 3.72. The Morgan fingerprint density at radius 2 is 1.65 bits per heavy atom. The van der Waals surface area contributed by atoms with Gasteiger partial charge in [-0.25, -0.2) is 0 Å². The molecule has 0 aromatic heterocycles. The fourth-order valence-corrected chi connectivity index (χ4v) is 2.46. The first-order valence-corrected chi connectivity index (χ1v) is 8.48. The van der Waals surface area contributed by atoms with Crippen molar-refractivity contribution < 1.29 is 9.53 Å². The van der Waals surface area contributed by atoms with Crippen LogP contribution in [-0.4, -0.2) is 18.7 Å². The molecular weight excluding hydrogens is 324 g/mol. The Hall–Kier alpha value is -3.40. The zero-order valence-electron chi connectivity index (χ0n) is 14.6. The van der Waals surface area contributed by atoms with Gasteiger partial charge >= 0.3 is 0 Å². The summed E-state index contributed by atoms with van der Waals surface area (Å²) in [4.78, 5) is 17.0. The van der Waals surface area contributed by atoms with Gasteiger partial charge in [-0.15, -0.1) is 0 Å². The highest BCUT2D eigenvalue weighted by Crippen LogP contribution is 2.21. The number of hydrogen-bond donors (Lipinski definition) is 1. The van der Waals surface area contributed by atoms with E-state index in [1.54, 1.807) is 12.3 Å². The number of ether oxygens (including phenoxy) is 1.